The quantitative estimate of drug-likeness (QED) is 0.526. The van der Waals surface area contributed by atoms with Crippen LogP contribution in [0.25, 0.3) is 22.4 Å². The van der Waals surface area contributed by atoms with Crippen LogP contribution in [0.3, 0.4) is 0 Å². The molecule has 0 bridgehead atoms. The molecule has 0 aliphatic carbocycles. The Morgan fingerprint density at radius 2 is 1.92 bits per heavy atom. The number of nitrogens with zero attached hydrogens (tertiary/aromatic N) is 8. The monoisotopic (exact) mass is 324 g/mol. The van der Waals surface area contributed by atoms with Crippen LogP contribution in [0.2, 0.25) is 0 Å². The van der Waals surface area contributed by atoms with Gasteiger partial charge in [0, 0.05) is 18.6 Å². The average Bonchev–Trinajstić information content (AvgIpc) is 3.17. The van der Waals surface area contributed by atoms with Crippen molar-refractivity contribution in [3.05, 3.63) is 47.7 Å². The smallest absolute Gasteiger partial charge is 0.354 e. The van der Waals surface area contributed by atoms with Crippen molar-refractivity contribution in [3.63, 3.8) is 0 Å². The third-order valence-electron chi connectivity index (χ3n) is 3.53. The van der Waals surface area contributed by atoms with Crippen molar-refractivity contribution in [3.8, 4) is 17.5 Å². The molecule has 4 aromatic rings. The first-order chi connectivity index (χ1) is 11.7. The Morgan fingerprint density at radius 3 is 2.62 bits per heavy atom. The minimum atomic E-state index is -0.345. The molecule has 24 heavy (non-hydrogen) atoms. The molecule has 120 valence electrons. The summed E-state index contributed by atoms with van der Waals surface area (Å²) in [6.45, 7) is 0. The van der Waals surface area contributed by atoms with E-state index in [0.717, 1.165) is 11.1 Å². The number of ether oxygens (including phenoxy) is 1. The first kappa shape index (κ1) is 14.1. The molecule has 0 fully saturated rings. The molecule has 0 aliphatic heterocycles. The summed E-state index contributed by atoms with van der Waals surface area (Å²) in [6.07, 6.45) is 8.15. The highest BCUT2D eigenvalue weighted by Crippen LogP contribution is 2.16. The lowest BCUT2D eigenvalue weighted by Gasteiger charge is -1.96. The Balaban J connectivity index is 1.83. The van der Waals surface area contributed by atoms with Crippen LogP contribution in [0.15, 0.2) is 42.0 Å². The van der Waals surface area contributed by atoms with Gasteiger partial charge in [0.25, 0.3) is 0 Å². The summed E-state index contributed by atoms with van der Waals surface area (Å²) < 4.78 is 9.18. The summed E-state index contributed by atoms with van der Waals surface area (Å²) in [5.41, 5.74) is 1.06. The van der Waals surface area contributed by atoms with Gasteiger partial charge in [-0.2, -0.15) is 9.78 Å². The molecule has 0 N–H and O–H groups in total. The van der Waals surface area contributed by atoms with Gasteiger partial charge in [0.05, 0.1) is 25.7 Å². The van der Waals surface area contributed by atoms with E-state index in [1.807, 2.05) is 6.20 Å². The zero-order valence-electron chi connectivity index (χ0n) is 12.9. The van der Waals surface area contributed by atoms with Crippen molar-refractivity contribution in [2.45, 2.75) is 0 Å². The van der Waals surface area contributed by atoms with Crippen molar-refractivity contribution >= 4 is 10.9 Å². The van der Waals surface area contributed by atoms with Crippen LogP contribution in [0.5, 0.6) is 6.01 Å². The van der Waals surface area contributed by atoms with E-state index in [9.17, 15) is 4.79 Å². The molecule has 0 amide bonds. The second-order valence-corrected chi connectivity index (χ2v) is 5.01. The number of hydrogen-bond donors (Lipinski definition) is 0. The largest absolute Gasteiger partial charge is 0.467 e. The highest BCUT2D eigenvalue weighted by molar-refractivity contribution is 5.79. The average molecular weight is 324 g/mol. The number of hydrogen-bond acceptors (Lipinski definition) is 7. The van der Waals surface area contributed by atoms with Crippen molar-refractivity contribution < 1.29 is 4.74 Å². The van der Waals surface area contributed by atoms with Gasteiger partial charge in [-0.05, 0) is 6.07 Å². The summed E-state index contributed by atoms with van der Waals surface area (Å²) in [4.78, 5) is 24.4. The lowest BCUT2D eigenvalue weighted by atomic mass is 10.3. The van der Waals surface area contributed by atoms with Gasteiger partial charge < -0.3 is 4.74 Å². The maximum absolute atomic E-state index is 12.2. The molecule has 0 radical (unpaired) electrons. The second kappa shape index (κ2) is 5.26. The zero-order chi connectivity index (χ0) is 16.7. The van der Waals surface area contributed by atoms with Crippen LogP contribution >= 0.6 is 0 Å². The van der Waals surface area contributed by atoms with E-state index in [2.05, 4.69) is 25.1 Å². The van der Waals surface area contributed by atoms with Gasteiger partial charge >= 0.3 is 11.7 Å². The SMILES string of the molecule is COc1nn(-c2cc3cn(-c4cncnc4)nc3cn2)c(=O)n1C. The lowest BCUT2D eigenvalue weighted by molar-refractivity contribution is 0.362. The molecule has 0 aliphatic rings. The van der Waals surface area contributed by atoms with Crippen molar-refractivity contribution in [1.82, 2.24) is 39.1 Å². The van der Waals surface area contributed by atoms with Crippen LogP contribution in [-0.4, -0.2) is 46.2 Å². The van der Waals surface area contributed by atoms with Gasteiger partial charge in [0.1, 0.15) is 17.5 Å². The fourth-order valence-electron chi connectivity index (χ4n) is 2.32. The van der Waals surface area contributed by atoms with Gasteiger partial charge in [-0.25, -0.2) is 29.0 Å². The van der Waals surface area contributed by atoms with E-state index in [0.29, 0.717) is 11.3 Å². The Bertz CT molecular complexity index is 1080. The molecule has 4 heterocycles. The minimum absolute atomic E-state index is 0.207. The van der Waals surface area contributed by atoms with Gasteiger partial charge in [0.15, 0.2) is 5.82 Å². The molecule has 0 unspecified atom stereocenters. The van der Waals surface area contributed by atoms with Gasteiger partial charge in [-0.15, -0.1) is 5.10 Å². The van der Waals surface area contributed by atoms with Gasteiger partial charge in [-0.3, -0.25) is 0 Å². The Morgan fingerprint density at radius 1 is 1.12 bits per heavy atom. The molecule has 4 rings (SSSR count). The Labute approximate surface area is 135 Å². The van der Waals surface area contributed by atoms with Gasteiger partial charge in [-0.1, -0.05) is 0 Å². The third-order valence-corrected chi connectivity index (χ3v) is 3.53. The predicted molar refractivity (Wildman–Crippen MR) is 83.4 cm³/mol. The van der Waals surface area contributed by atoms with Crippen molar-refractivity contribution in [2.24, 2.45) is 7.05 Å². The van der Waals surface area contributed by atoms with Crippen molar-refractivity contribution in [1.29, 1.82) is 0 Å². The Kier molecular flexibility index (Phi) is 3.08. The summed E-state index contributed by atoms with van der Waals surface area (Å²) in [7, 11) is 3.03. The van der Waals surface area contributed by atoms with E-state index in [4.69, 9.17) is 4.74 Å². The summed E-state index contributed by atoms with van der Waals surface area (Å²) in [5, 5.41) is 9.33. The fourth-order valence-corrected chi connectivity index (χ4v) is 2.32. The number of pyridine rings is 1. The van der Waals surface area contributed by atoms with Crippen LogP contribution in [0.4, 0.5) is 0 Å². The standard InChI is InChI=1S/C14H12N8O2/c1-20-13(24-2)19-22(14(20)23)12-3-9-7-21(18-11(9)6-17-12)10-4-15-8-16-5-10/h3-8H,1-2H3. The normalized spacial score (nSPS) is 11.1. The van der Waals surface area contributed by atoms with E-state index in [1.165, 1.54) is 22.7 Å². The third kappa shape index (κ3) is 2.12. The molecule has 10 heteroatoms. The van der Waals surface area contributed by atoms with Gasteiger partial charge in [0.2, 0.25) is 0 Å². The number of methoxy groups -OCH3 is 1. The minimum Gasteiger partial charge on any atom is -0.467 e. The van der Waals surface area contributed by atoms with Crippen LogP contribution in [-0.2, 0) is 7.05 Å². The summed E-state index contributed by atoms with van der Waals surface area (Å²) in [6, 6.07) is 1.94. The van der Waals surface area contributed by atoms with E-state index < -0.39 is 0 Å². The van der Waals surface area contributed by atoms with E-state index >= 15 is 0 Å². The van der Waals surface area contributed by atoms with Crippen LogP contribution in [0.1, 0.15) is 0 Å². The molecule has 4 aromatic heterocycles. The molecular formula is C14H12N8O2. The predicted octanol–water partition coefficient (Wildman–Crippen LogP) is 0.103. The molecule has 0 atom stereocenters. The molecular weight excluding hydrogens is 312 g/mol. The van der Waals surface area contributed by atoms with Crippen LogP contribution in [0, 0.1) is 0 Å². The number of rotatable bonds is 3. The zero-order valence-corrected chi connectivity index (χ0v) is 12.9. The highest BCUT2D eigenvalue weighted by atomic mass is 16.5. The Hall–Kier alpha value is -3.56. The molecule has 0 saturated heterocycles. The highest BCUT2D eigenvalue weighted by Gasteiger charge is 2.14. The van der Waals surface area contributed by atoms with Crippen LogP contribution < -0.4 is 10.4 Å². The molecule has 0 aromatic carbocycles. The molecule has 10 nitrogen and oxygen atoms in total. The maximum atomic E-state index is 12.2. The summed E-state index contributed by atoms with van der Waals surface area (Å²) in [5.74, 6) is 0.385. The van der Waals surface area contributed by atoms with E-state index in [1.54, 1.807) is 36.4 Å². The molecule has 0 saturated carbocycles. The fraction of sp³-hybridized carbons (Fsp3) is 0.143. The lowest BCUT2D eigenvalue weighted by Crippen LogP contribution is -2.22. The summed E-state index contributed by atoms with van der Waals surface area (Å²) >= 11 is 0. The number of fused-ring (bicyclic) bond motifs is 1. The number of aromatic nitrogens is 8. The first-order valence-electron chi connectivity index (χ1n) is 6.98. The molecule has 0 spiro atoms. The maximum Gasteiger partial charge on any atom is 0.354 e. The topological polar surface area (TPSA) is 106 Å². The van der Waals surface area contributed by atoms with E-state index in [-0.39, 0.29) is 11.7 Å². The second-order valence-electron chi connectivity index (χ2n) is 5.01. The first-order valence-corrected chi connectivity index (χ1v) is 6.98. The van der Waals surface area contributed by atoms with Crippen molar-refractivity contribution in [2.75, 3.05) is 7.11 Å².